The number of nitrogens with one attached hydrogen (secondary N) is 1. The topological polar surface area (TPSA) is 86.1 Å². The summed E-state index contributed by atoms with van der Waals surface area (Å²) in [5, 5.41) is 7.05. The van der Waals surface area contributed by atoms with Crippen molar-refractivity contribution in [2.45, 2.75) is 56.9 Å². The monoisotopic (exact) mass is 554 g/mol. The molecule has 4 heterocycles. The lowest BCUT2D eigenvalue weighted by Crippen LogP contribution is -2.39. The van der Waals surface area contributed by atoms with Gasteiger partial charge in [-0.3, -0.25) is 14.3 Å². The van der Waals surface area contributed by atoms with Gasteiger partial charge in [-0.15, -0.1) is 11.3 Å². The van der Waals surface area contributed by atoms with Crippen molar-refractivity contribution >= 4 is 28.7 Å². The lowest BCUT2D eigenvalue weighted by molar-refractivity contribution is -0.176. The van der Waals surface area contributed by atoms with Crippen LogP contribution in [0.5, 0.6) is 0 Å². The molecule has 2 aliphatic rings. The zero-order valence-corrected chi connectivity index (χ0v) is 21.2. The number of anilines is 1. The third-order valence-electron chi connectivity index (χ3n) is 7.22. The second-order valence-corrected chi connectivity index (χ2v) is 10.8. The molecule has 2 bridgehead atoms. The minimum absolute atomic E-state index is 0.000422. The van der Waals surface area contributed by atoms with E-state index in [0.717, 1.165) is 23.5 Å². The fourth-order valence-corrected chi connectivity index (χ4v) is 6.41. The Morgan fingerprint density at radius 2 is 1.89 bits per heavy atom. The summed E-state index contributed by atoms with van der Waals surface area (Å²) in [6, 6.07) is 3.46. The predicted octanol–water partition coefficient (Wildman–Crippen LogP) is 5.69. The van der Waals surface area contributed by atoms with Crippen molar-refractivity contribution in [3.05, 3.63) is 52.3 Å². The van der Waals surface area contributed by atoms with Crippen LogP contribution in [0, 0.1) is 24.5 Å². The first-order valence-corrected chi connectivity index (χ1v) is 12.7. The molecule has 0 unspecified atom stereocenters. The van der Waals surface area contributed by atoms with Crippen molar-refractivity contribution in [3.63, 3.8) is 0 Å². The number of fused-ring (bicyclic) bond motifs is 2. The summed E-state index contributed by atoms with van der Waals surface area (Å²) in [5.74, 6) is -4.49. The number of ketones is 1. The first-order chi connectivity index (χ1) is 17.9. The smallest absolute Gasteiger partial charge is 0.365 e. The van der Waals surface area contributed by atoms with E-state index in [9.17, 15) is 31.5 Å². The Morgan fingerprint density at radius 3 is 2.58 bits per heavy atom. The van der Waals surface area contributed by atoms with Gasteiger partial charge in [0, 0.05) is 18.3 Å². The maximum atomic E-state index is 14.3. The second-order valence-electron chi connectivity index (χ2n) is 9.62. The SMILES string of the molecule is Cc1sc(-c2c(F)cccc2F)nc1C(=O)Nc1cnn(C)c1[C@@]12CC[C@@H](CC(=O)C(F)(F)F)[C@@H](CC1)O2. The fourth-order valence-electron chi connectivity index (χ4n) is 5.45. The highest BCUT2D eigenvalue weighted by Crippen LogP contribution is 2.52. The summed E-state index contributed by atoms with van der Waals surface area (Å²) in [4.78, 5) is 29.4. The Kier molecular flexibility index (Phi) is 6.62. The zero-order valence-electron chi connectivity index (χ0n) is 20.4. The third-order valence-corrected chi connectivity index (χ3v) is 8.21. The summed E-state index contributed by atoms with van der Waals surface area (Å²) in [6.07, 6.45) is -2.90. The third kappa shape index (κ3) is 4.62. The maximum Gasteiger partial charge on any atom is 0.449 e. The molecule has 7 nitrogen and oxygen atoms in total. The molecule has 0 aliphatic carbocycles. The van der Waals surface area contributed by atoms with E-state index in [1.54, 1.807) is 18.7 Å². The Bertz CT molecular complexity index is 1400. The molecule has 38 heavy (non-hydrogen) atoms. The largest absolute Gasteiger partial charge is 0.449 e. The summed E-state index contributed by atoms with van der Waals surface area (Å²) in [6.45, 7) is 1.62. The molecule has 0 spiro atoms. The molecular weight excluding hydrogens is 531 g/mol. The minimum Gasteiger partial charge on any atom is -0.365 e. The number of carbonyl (C=O) groups is 2. The highest BCUT2D eigenvalue weighted by atomic mass is 32.1. The summed E-state index contributed by atoms with van der Waals surface area (Å²) < 4.78 is 74.7. The Balaban J connectivity index is 1.37. The van der Waals surface area contributed by atoms with Crippen LogP contribution in [0.2, 0.25) is 0 Å². The van der Waals surface area contributed by atoms with Crippen molar-refractivity contribution in [2.24, 2.45) is 13.0 Å². The number of hydrogen-bond donors (Lipinski definition) is 1. The van der Waals surface area contributed by atoms with E-state index in [0.29, 0.717) is 41.9 Å². The number of benzene rings is 1. The Labute approximate surface area is 218 Å². The van der Waals surface area contributed by atoms with E-state index in [4.69, 9.17) is 4.74 Å². The van der Waals surface area contributed by atoms with E-state index in [2.05, 4.69) is 15.4 Å². The van der Waals surface area contributed by atoms with Crippen LogP contribution in [0.15, 0.2) is 24.4 Å². The maximum absolute atomic E-state index is 14.3. The number of aromatic nitrogens is 3. The van der Waals surface area contributed by atoms with Gasteiger partial charge in [0.15, 0.2) is 0 Å². The van der Waals surface area contributed by atoms with Gasteiger partial charge in [-0.25, -0.2) is 13.8 Å². The standard InChI is InChI=1S/C25H23F5N4O3S/c1-12-20(33-23(38-12)19-14(26)4-3-5-15(19)27)22(36)32-16-11-31-34(2)21(16)24-8-6-13(17(37-24)7-9-24)10-18(35)25(28,29)30/h3-5,11,13,17H,6-10H2,1-2H3,(H,32,36)/t13-,17+,24+/m0/s1. The molecule has 2 fully saturated rings. The number of thiazole rings is 1. The van der Waals surface area contributed by atoms with Crippen LogP contribution in [0.1, 0.15) is 53.2 Å². The van der Waals surface area contributed by atoms with Gasteiger partial charge >= 0.3 is 6.18 Å². The van der Waals surface area contributed by atoms with E-state index in [1.165, 1.54) is 12.3 Å². The van der Waals surface area contributed by atoms with Gasteiger partial charge in [0.25, 0.3) is 5.91 Å². The van der Waals surface area contributed by atoms with Crippen molar-refractivity contribution in [2.75, 3.05) is 5.32 Å². The van der Waals surface area contributed by atoms with Crippen LogP contribution in [0.4, 0.5) is 27.6 Å². The fraction of sp³-hybridized carbons (Fsp3) is 0.440. The average molecular weight is 555 g/mol. The quantitative estimate of drug-likeness (QED) is 0.396. The van der Waals surface area contributed by atoms with Crippen molar-refractivity contribution < 1.29 is 36.3 Å². The summed E-state index contributed by atoms with van der Waals surface area (Å²) in [5.41, 5.74) is -0.294. The lowest BCUT2D eigenvalue weighted by Gasteiger charge is -2.38. The number of alkyl halides is 3. The van der Waals surface area contributed by atoms with Crippen molar-refractivity contribution in [1.82, 2.24) is 14.8 Å². The second kappa shape index (κ2) is 9.53. The van der Waals surface area contributed by atoms with Gasteiger partial charge in [0.2, 0.25) is 5.78 Å². The summed E-state index contributed by atoms with van der Waals surface area (Å²) in [7, 11) is 1.67. The molecule has 1 aromatic carbocycles. The number of carbonyl (C=O) groups excluding carboxylic acids is 2. The molecule has 1 amide bonds. The minimum atomic E-state index is -4.88. The number of ether oxygens (including phenoxy) is 1. The highest BCUT2D eigenvalue weighted by molar-refractivity contribution is 7.15. The molecule has 5 rings (SSSR count). The molecule has 3 aromatic rings. The molecule has 3 atom stereocenters. The molecule has 13 heteroatoms. The van der Waals surface area contributed by atoms with E-state index >= 15 is 0 Å². The van der Waals surface area contributed by atoms with E-state index in [1.807, 2.05) is 0 Å². The van der Waals surface area contributed by atoms with Gasteiger partial charge < -0.3 is 10.1 Å². The van der Waals surface area contributed by atoms with Crippen LogP contribution in [-0.4, -0.2) is 38.7 Å². The van der Waals surface area contributed by atoms with Gasteiger partial charge in [-0.1, -0.05) is 6.07 Å². The number of halogens is 5. The Morgan fingerprint density at radius 1 is 1.21 bits per heavy atom. The normalized spacial score (nSPS) is 23.0. The molecule has 202 valence electrons. The van der Waals surface area contributed by atoms with Crippen LogP contribution < -0.4 is 5.32 Å². The molecule has 2 aromatic heterocycles. The number of aryl methyl sites for hydroxylation is 2. The number of nitrogens with zero attached hydrogens (tertiary/aromatic N) is 3. The first kappa shape index (κ1) is 26.4. The summed E-state index contributed by atoms with van der Waals surface area (Å²) >= 11 is 0.984. The lowest BCUT2D eigenvalue weighted by atomic mass is 9.85. The van der Waals surface area contributed by atoms with Crippen molar-refractivity contribution in [3.8, 4) is 10.6 Å². The van der Waals surface area contributed by atoms with Gasteiger partial charge in [-0.05, 0) is 50.7 Å². The molecule has 1 N–H and O–H groups in total. The molecule has 2 aliphatic heterocycles. The molecule has 0 radical (unpaired) electrons. The van der Waals surface area contributed by atoms with E-state index in [-0.39, 0.29) is 16.3 Å². The van der Waals surface area contributed by atoms with Gasteiger partial charge in [-0.2, -0.15) is 18.3 Å². The average Bonchev–Trinajstić information content (AvgIpc) is 3.51. The number of rotatable bonds is 6. The van der Waals surface area contributed by atoms with Crippen LogP contribution >= 0.6 is 11.3 Å². The highest BCUT2D eigenvalue weighted by Gasteiger charge is 2.52. The predicted molar refractivity (Wildman–Crippen MR) is 128 cm³/mol. The molecular formula is C25H23F5N4O3S. The molecule has 0 saturated carbocycles. The number of hydrogen-bond acceptors (Lipinski definition) is 6. The zero-order chi connectivity index (χ0) is 27.4. The van der Waals surface area contributed by atoms with Crippen LogP contribution in [0.25, 0.3) is 10.6 Å². The first-order valence-electron chi connectivity index (χ1n) is 11.9. The number of amides is 1. The number of Topliss-reactive ketones (excluding diaryl/α,β-unsaturated/α-hetero) is 1. The molecule has 2 saturated heterocycles. The Hall–Kier alpha value is -3.19. The van der Waals surface area contributed by atoms with Gasteiger partial charge in [0.05, 0.1) is 29.2 Å². The van der Waals surface area contributed by atoms with Crippen LogP contribution in [-0.2, 0) is 22.2 Å². The van der Waals surface area contributed by atoms with Crippen LogP contribution in [0.3, 0.4) is 0 Å². The van der Waals surface area contributed by atoms with E-state index < -0.39 is 53.5 Å². The van der Waals surface area contributed by atoms with Gasteiger partial charge in [0.1, 0.15) is 27.9 Å². The van der Waals surface area contributed by atoms with Crippen molar-refractivity contribution in [1.29, 1.82) is 0 Å².